The summed E-state index contributed by atoms with van der Waals surface area (Å²) >= 11 is 3.43. The lowest BCUT2D eigenvalue weighted by Gasteiger charge is -2.32. The summed E-state index contributed by atoms with van der Waals surface area (Å²) in [6.07, 6.45) is 0. The predicted octanol–water partition coefficient (Wildman–Crippen LogP) is 2.76. The number of halogens is 1. The molecule has 1 rings (SSSR count). The van der Waals surface area contributed by atoms with Crippen LogP contribution in [0.15, 0.2) is 28.7 Å². The molecule has 16 heavy (non-hydrogen) atoms. The molecule has 0 radical (unpaired) electrons. The van der Waals surface area contributed by atoms with Crippen LogP contribution in [0.4, 0.5) is 5.69 Å². The molecular formula is C12H17BrN2O. The SMILES string of the molecule is CC(C)C(C)(Nc1ccccc1Br)C(N)=O. The lowest BCUT2D eigenvalue weighted by molar-refractivity contribution is -0.123. The van der Waals surface area contributed by atoms with Crippen LogP contribution in [0.3, 0.4) is 0 Å². The van der Waals surface area contributed by atoms with Crippen molar-refractivity contribution < 1.29 is 4.79 Å². The summed E-state index contributed by atoms with van der Waals surface area (Å²) in [7, 11) is 0. The number of hydrogen-bond donors (Lipinski definition) is 2. The second-order valence-corrected chi connectivity index (χ2v) is 5.18. The van der Waals surface area contributed by atoms with Crippen molar-refractivity contribution in [2.75, 3.05) is 5.32 Å². The zero-order chi connectivity index (χ0) is 12.3. The van der Waals surface area contributed by atoms with E-state index in [2.05, 4.69) is 21.2 Å². The fourth-order valence-corrected chi connectivity index (χ4v) is 1.72. The maximum Gasteiger partial charge on any atom is 0.243 e. The number of rotatable bonds is 4. The first kappa shape index (κ1) is 13.0. The van der Waals surface area contributed by atoms with Gasteiger partial charge in [0.25, 0.3) is 0 Å². The van der Waals surface area contributed by atoms with E-state index in [0.29, 0.717) is 0 Å². The molecule has 0 saturated carbocycles. The smallest absolute Gasteiger partial charge is 0.243 e. The van der Waals surface area contributed by atoms with Crippen molar-refractivity contribution in [1.82, 2.24) is 0 Å². The molecule has 3 N–H and O–H groups in total. The molecule has 4 heteroatoms. The minimum atomic E-state index is -0.746. The van der Waals surface area contributed by atoms with Crippen LogP contribution < -0.4 is 11.1 Å². The number of nitrogens with two attached hydrogens (primary N) is 1. The average molecular weight is 285 g/mol. The molecule has 0 aromatic heterocycles. The van der Waals surface area contributed by atoms with Crippen molar-refractivity contribution in [3.8, 4) is 0 Å². The van der Waals surface area contributed by atoms with Gasteiger partial charge in [-0.3, -0.25) is 4.79 Å². The van der Waals surface area contributed by atoms with E-state index >= 15 is 0 Å². The van der Waals surface area contributed by atoms with Crippen LogP contribution >= 0.6 is 15.9 Å². The van der Waals surface area contributed by atoms with Crippen LogP contribution in [0.25, 0.3) is 0 Å². The Balaban J connectivity index is 3.02. The molecule has 0 aliphatic rings. The molecule has 0 saturated heterocycles. The Bertz CT molecular complexity index is 392. The summed E-state index contributed by atoms with van der Waals surface area (Å²) in [6.45, 7) is 5.75. The Morgan fingerprint density at radius 1 is 1.44 bits per heavy atom. The summed E-state index contributed by atoms with van der Waals surface area (Å²) in [6, 6.07) is 7.67. The molecule has 0 heterocycles. The third kappa shape index (κ3) is 2.55. The number of nitrogens with one attached hydrogen (secondary N) is 1. The molecule has 0 aliphatic carbocycles. The van der Waals surface area contributed by atoms with Crippen LogP contribution in [-0.2, 0) is 4.79 Å². The highest BCUT2D eigenvalue weighted by atomic mass is 79.9. The van der Waals surface area contributed by atoms with Gasteiger partial charge in [0.05, 0.1) is 0 Å². The van der Waals surface area contributed by atoms with Gasteiger partial charge in [0.15, 0.2) is 0 Å². The van der Waals surface area contributed by atoms with Gasteiger partial charge in [-0.25, -0.2) is 0 Å². The van der Waals surface area contributed by atoms with E-state index in [0.717, 1.165) is 10.2 Å². The highest BCUT2D eigenvalue weighted by molar-refractivity contribution is 9.10. The molecule has 1 aromatic carbocycles. The summed E-state index contributed by atoms with van der Waals surface area (Å²) < 4.78 is 0.920. The van der Waals surface area contributed by atoms with Gasteiger partial charge in [0.2, 0.25) is 5.91 Å². The first-order chi connectivity index (χ1) is 7.38. The molecule has 88 valence electrons. The van der Waals surface area contributed by atoms with E-state index in [9.17, 15) is 4.79 Å². The van der Waals surface area contributed by atoms with E-state index in [1.807, 2.05) is 45.0 Å². The second kappa shape index (κ2) is 4.87. The Morgan fingerprint density at radius 2 is 2.00 bits per heavy atom. The zero-order valence-corrected chi connectivity index (χ0v) is 11.3. The topological polar surface area (TPSA) is 55.1 Å². The van der Waals surface area contributed by atoms with E-state index in [-0.39, 0.29) is 11.8 Å². The van der Waals surface area contributed by atoms with Crippen LogP contribution in [0, 0.1) is 5.92 Å². The molecule has 0 fully saturated rings. The predicted molar refractivity (Wildman–Crippen MR) is 70.2 cm³/mol. The van der Waals surface area contributed by atoms with Crippen molar-refractivity contribution in [1.29, 1.82) is 0 Å². The molecule has 1 amide bonds. The maximum atomic E-state index is 11.5. The molecule has 0 bridgehead atoms. The number of hydrogen-bond acceptors (Lipinski definition) is 2. The number of para-hydroxylation sites is 1. The Labute approximate surface area is 105 Å². The number of amides is 1. The van der Waals surface area contributed by atoms with Crippen molar-refractivity contribution in [3.05, 3.63) is 28.7 Å². The Morgan fingerprint density at radius 3 is 2.44 bits per heavy atom. The fraction of sp³-hybridized carbons (Fsp3) is 0.417. The van der Waals surface area contributed by atoms with E-state index in [1.165, 1.54) is 0 Å². The number of primary amides is 1. The standard InChI is InChI=1S/C12H17BrN2O/c1-8(2)12(3,11(14)16)15-10-7-5-4-6-9(10)13/h4-8,15H,1-3H3,(H2,14,16). The molecule has 1 aromatic rings. The van der Waals surface area contributed by atoms with Crippen LogP contribution in [0.5, 0.6) is 0 Å². The van der Waals surface area contributed by atoms with Gasteiger partial charge in [0.1, 0.15) is 5.54 Å². The van der Waals surface area contributed by atoms with Crippen molar-refractivity contribution in [2.45, 2.75) is 26.3 Å². The van der Waals surface area contributed by atoms with E-state index in [1.54, 1.807) is 0 Å². The number of benzene rings is 1. The largest absolute Gasteiger partial charge is 0.370 e. The van der Waals surface area contributed by atoms with Gasteiger partial charge in [0, 0.05) is 10.2 Å². The number of carbonyl (C=O) groups is 1. The van der Waals surface area contributed by atoms with Crippen LogP contribution in [-0.4, -0.2) is 11.4 Å². The van der Waals surface area contributed by atoms with Crippen LogP contribution in [0.1, 0.15) is 20.8 Å². The summed E-state index contributed by atoms with van der Waals surface area (Å²) in [5.74, 6) is -0.240. The van der Waals surface area contributed by atoms with Gasteiger partial charge in [-0.05, 0) is 40.9 Å². The highest BCUT2D eigenvalue weighted by Crippen LogP contribution is 2.28. The summed E-state index contributed by atoms with van der Waals surface area (Å²) in [5.41, 5.74) is 5.58. The van der Waals surface area contributed by atoms with Gasteiger partial charge in [-0.15, -0.1) is 0 Å². The lowest BCUT2D eigenvalue weighted by atomic mass is 9.87. The monoisotopic (exact) mass is 284 g/mol. The van der Waals surface area contributed by atoms with Gasteiger partial charge in [-0.1, -0.05) is 26.0 Å². The maximum absolute atomic E-state index is 11.5. The second-order valence-electron chi connectivity index (χ2n) is 4.33. The quantitative estimate of drug-likeness (QED) is 0.893. The van der Waals surface area contributed by atoms with Gasteiger partial charge >= 0.3 is 0 Å². The molecule has 0 aliphatic heterocycles. The highest BCUT2D eigenvalue weighted by Gasteiger charge is 2.34. The molecular weight excluding hydrogens is 268 g/mol. The van der Waals surface area contributed by atoms with Crippen molar-refractivity contribution in [3.63, 3.8) is 0 Å². The van der Waals surface area contributed by atoms with Gasteiger partial charge in [-0.2, -0.15) is 0 Å². The minimum absolute atomic E-state index is 0.108. The van der Waals surface area contributed by atoms with Gasteiger partial charge < -0.3 is 11.1 Å². The first-order valence-corrected chi connectivity index (χ1v) is 6.00. The lowest BCUT2D eigenvalue weighted by Crippen LogP contribution is -2.52. The zero-order valence-electron chi connectivity index (χ0n) is 9.75. The first-order valence-electron chi connectivity index (χ1n) is 5.20. The number of carbonyl (C=O) groups excluding carboxylic acids is 1. The van der Waals surface area contributed by atoms with E-state index < -0.39 is 5.54 Å². The molecule has 3 nitrogen and oxygen atoms in total. The number of anilines is 1. The minimum Gasteiger partial charge on any atom is -0.370 e. The summed E-state index contributed by atoms with van der Waals surface area (Å²) in [5, 5.41) is 3.20. The van der Waals surface area contributed by atoms with Crippen molar-refractivity contribution >= 4 is 27.5 Å². The Kier molecular flexibility index (Phi) is 3.97. The molecule has 1 unspecified atom stereocenters. The Hall–Kier alpha value is -1.03. The third-order valence-electron chi connectivity index (χ3n) is 2.93. The van der Waals surface area contributed by atoms with Crippen molar-refractivity contribution in [2.24, 2.45) is 11.7 Å². The average Bonchev–Trinajstić information content (AvgIpc) is 2.20. The molecule has 0 spiro atoms. The van der Waals surface area contributed by atoms with E-state index in [4.69, 9.17) is 5.73 Å². The molecule has 1 atom stereocenters. The normalized spacial score (nSPS) is 14.6. The summed E-state index contributed by atoms with van der Waals surface area (Å²) in [4.78, 5) is 11.5. The fourth-order valence-electron chi connectivity index (χ4n) is 1.33. The third-order valence-corrected chi connectivity index (χ3v) is 3.63. The van der Waals surface area contributed by atoms with Crippen LogP contribution in [0.2, 0.25) is 0 Å².